The molecule has 64 heavy (non-hydrogen) atoms. The number of nitro groups is 1. The summed E-state index contributed by atoms with van der Waals surface area (Å²) >= 11 is 6.26. The number of aromatic nitrogens is 2. The number of pyridine rings is 1. The molecule has 0 radical (unpaired) electrons. The Morgan fingerprint density at radius 2 is 1.80 bits per heavy atom. The summed E-state index contributed by atoms with van der Waals surface area (Å²) in [6.07, 6.45) is 4.66. The molecule has 4 aliphatic rings. The maximum Gasteiger partial charge on any atom is 0.293 e. The molecule has 1 aliphatic carbocycles. The van der Waals surface area contributed by atoms with Crippen molar-refractivity contribution < 1.29 is 32.3 Å². The van der Waals surface area contributed by atoms with Gasteiger partial charge in [0.2, 0.25) is 5.88 Å². The molecule has 3 aromatic carbocycles. The van der Waals surface area contributed by atoms with Gasteiger partial charge in [0.1, 0.15) is 23.6 Å². The minimum absolute atomic E-state index is 0.0948. The van der Waals surface area contributed by atoms with Gasteiger partial charge in [-0.05, 0) is 90.4 Å². The highest BCUT2D eigenvalue weighted by Crippen LogP contribution is 2.44. The molecule has 1 amide bonds. The number of carbonyl (C=O) groups is 1. The molecule has 5 aromatic rings. The fourth-order valence-electron chi connectivity index (χ4n) is 8.98. The Kier molecular flexibility index (Phi) is 12.3. The number of rotatable bonds is 12. The Labute approximate surface area is 376 Å². The fourth-order valence-corrected chi connectivity index (χ4v) is 10.1. The van der Waals surface area contributed by atoms with Crippen LogP contribution in [0.5, 0.6) is 5.88 Å². The minimum atomic E-state index is -4.59. The van der Waals surface area contributed by atoms with Gasteiger partial charge in [-0.15, -0.1) is 0 Å². The molecule has 3 N–H and O–H groups in total. The lowest BCUT2D eigenvalue weighted by Crippen LogP contribution is -2.47. The summed E-state index contributed by atoms with van der Waals surface area (Å²) in [6, 6.07) is 20.9. The maximum atomic E-state index is 14.3. The van der Waals surface area contributed by atoms with Gasteiger partial charge >= 0.3 is 0 Å². The van der Waals surface area contributed by atoms with E-state index in [1.54, 1.807) is 12.3 Å². The molecule has 5 heterocycles. The van der Waals surface area contributed by atoms with E-state index in [0.29, 0.717) is 49.3 Å². The first-order valence-electron chi connectivity index (χ1n) is 21.6. The number of sulfonamides is 1. The quantitative estimate of drug-likeness (QED) is 0.0833. The first kappa shape index (κ1) is 43.5. The molecule has 2 aromatic heterocycles. The van der Waals surface area contributed by atoms with E-state index in [-0.39, 0.29) is 35.9 Å². The van der Waals surface area contributed by atoms with Crippen molar-refractivity contribution in [2.24, 2.45) is 5.41 Å². The molecule has 0 saturated carbocycles. The van der Waals surface area contributed by atoms with Gasteiger partial charge in [0, 0.05) is 67.6 Å². The molecule has 18 heteroatoms. The fraction of sp³-hybridized carbons (Fsp3) is 0.391. The highest BCUT2D eigenvalue weighted by Gasteiger charge is 2.32. The van der Waals surface area contributed by atoms with Crippen LogP contribution in [0.25, 0.3) is 16.6 Å². The van der Waals surface area contributed by atoms with Crippen LogP contribution in [0.15, 0.2) is 89.5 Å². The number of amides is 1. The van der Waals surface area contributed by atoms with Gasteiger partial charge in [0.05, 0.1) is 53.5 Å². The maximum absolute atomic E-state index is 14.3. The summed E-state index contributed by atoms with van der Waals surface area (Å²) in [5.74, 6) is -0.518. The van der Waals surface area contributed by atoms with Crippen LogP contribution in [0, 0.1) is 15.5 Å². The lowest BCUT2D eigenvalue weighted by molar-refractivity contribution is -0.384. The third-order valence-electron chi connectivity index (χ3n) is 12.5. The number of nitrogens with one attached hydrogen (secondary N) is 3. The SMILES string of the molecule is CC1(C)CCC(CN2CCN(c3ccc(C(=O)NS(=O)(=O)c4ccc(NC[C@H]5COCCO5)c([N+](=O)[O-])c4)c(N4CCOc5nc6[nH]ccc6cc54)c3)CC2)=C(c2ccc(Cl)cc2)C1. The van der Waals surface area contributed by atoms with Crippen molar-refractivity contribution in [2.45, 2.75) is 44.1 Å². The minimum Gasteiger partial charge on any atom is -0.474 e. The zero-order valence-electron chi connectivity index (χ0n) is 35.8. The zero-order chi connectivity index (χ0) is 44.6. The van der Waals surface area contributed by atoms with Crippen LogP contribution in [-0.4, -0.2) is 112 Å². The number of H-pyrrole nitrogens is 1. The Morgan fingerprint density at radius 3 is 2.56 bits per heavy atom. The number of carbonyl (C=O) groups excluding carboxylic acids is 1. The first-order chi connectivity index (χ1) is 30.8. The summed E-state index contributed by atoms with van der Waals surface area (Å²) in [6.45, 7) is 10.7. The monoisotopic (exact) mass is 910 g/mol. The second-order valence-corrected chi connectivity index (χ2v) is 19.6. The Morgan fingerprint density at radius 1 is 0.984 bits per heavy atom. The van der Waals surface area contributed by atoms with Gasteiger partial charge in [-0.25, -0.2) is 13.1 Å². The molecule has 9 rings (SSSR count). The molecule has 1 atom stereocenters. The molecular formula is C46H51ClN8O8S. The smallest absolute Gasteiger partial charge is 0.293 e. The number of halogens is 1. The third-order valence-corrected chi connectivity index (χ3v) is 14.1. The van der Waals surface area contributed by atoms with E-state index in [0.717, 1.165) is 74.1 Å². The van der Waals surface area contributed by atoms with Crippen LogP contribution in [0.3, 0.4) is 0 Å². The normalized spacial score (nSPS) is 19.3. The molecule has 2 fully saturated rings. The number of nitro benzene ring substituents is 1. The number of hydrogen-bond acceptors (Lipinski definition) is 13. The van der Waals surface area contributed by atoms with Gasteiger partial charge in [0.15, 0.2) is 0 Å². The Balaban J connectivity index is 0.975. The van der Waals surface area contributed by atoms with E-state index < -0.39 is 31.4 Å². The lowest BCUT2D eigenvalue weighted by Gasteiger charge is -2.39. The second kappa shape index (κ2) is 18.0. The highest BCUT2D eigenvalue weighted by atomic mass is 35.5. The molecule has 2 saturated heterocycles. The van der Waals surface area contributed by atoms with E-state index in [4.69, 9.17) is 25.8 Å². The first-order valence-corrected chi connectivity index (χ1v) is 23.4. The number of ether oxygens (including phenoxy) is 3. The van der Waals surface area contributed by atoms with Crippen LogP contribution in [0.2, 0.25) is 5.02 Å². The van der Waals surface area contributed by atoms with Gasteiger partial charge in [-0.3, -0.25) is 19.8 Å². The number of hydrogen-bond donors (Lipinski definition) is 3. The molecule has 0 unspecified atom stereocenters. The predicted octanol–water partition coefficient (Wildman–Crippen LogP) is 7.39. The Hall–Kier alpha value is -5.72. The number of fused-ring (bicyclic) bond motifs is 2. The van der Waals surface area contributed by atoms with E-state index in [1.807, 2.05) is 41.3 Å². The molecule has 16 nitrogen and oxygen atoms in total. The van der Waals surface area contributed by atoms with Crippen LogP contribution < -0.4 is 24.6 Å². The number of piperazine rings is 1. The van der Waals surface area contributed by atoms with Crippen molar-refractivity contribution in [1.29, 1.82) is 0 Å². The lowest BCUT2D eigenvalue weighted by atomic mass is 9.72. The summed E-state index contributed by atoms with van der Waals surface area (Å²) in [7, 11) is -4.59. The van der Waals surface area contributed by atoms with Gasteiger partial charge in [-0.2, -0.15) is 4.98 Å². The molecule has 336 valence electrons. The number of allylic oxidation sites excluding steroid dienone is 1. The van der Waals surface area contributed by atoms with Crippen LogP contribution >= 0.6 is 11.6 Å². The van der Waals surface area contributed by atoms with Gasteiger partial charge < -0.3 is 34.3 Å². The van der Waals surface area contributed by atoms with Gasteiger partial charge in [0.25, 0.3) is 21.6 Å². The number of nitrogens with zero attached hydrogens (tertiary/aromatic N) is 5. The second-order valence-electron chi connectivity index (χ2n) is 17.4. The van der Waals surface area contributed by atoms with Crippen LogP contribution in [0.4, 0.5) is 28.4 Å². The van der Waals surface area contributed by atoms with Crippen molar-refractivity contribution >= 4 is 72.6 Å². The third kappa shape index (κ3) is 9.40. The number of benzene rings is 3. The number of aromatic amines is 1. The zero-order valence-corrected chi connectivity index (χ0v) is 37.3. The summed E-state index contributed by atoms with van der Waals surface area (Å²) < 4.78 is 46.9. The van der Waals surface area contributed by atoms with Crippen molar-refractivity contribution in [3.05, 3.63) is 111 Å². The molecule has 0 bridgehead atoms. The molecular weight excluding hydrogens is 860 g/mol. The van der Waals surface area contributed by atoms with E-state index >= 15 is 0 Å². The van der Waals surface area contributed by atoms with Crippen molar-refractivity contribution in [3.8, 4) is 5.88 Å². The summed E-state index contributed by atoms with van der Waals surface area (Å²) in [5.41, 5.74) is 6.70. The van der Waals surface area contributed by atoms with E-state index in [2.05, 4.69) is 55.8 Å². The summed E-state index contributed by atoms with van der Waals surface area (Å²) in [4.78, 5) is 39.8. The molecule has 3 aliphatic heterocycles. The largest absolute Gasteiger partial charge is 0.474 e. The number of anilines is 4. The van der Waals surface area contributed by atoms with Gasteiger partial charge in [-0.1, -0.05) is 43.2 Å². The van der Waals surface area contributed by atoms with Crippen LogP contribution in [0.1, 0.15) is 49.0 Å². The average molecular weight is 911 g/mol. The molecule has 0 spiro atoms. The van der Waals surface area contributed by atoms with E-state index in [1.165, 1.54) is 28.8 Å². The highest BCUT2D eigenvalue weighted by molar-refractivity contribution is 7.90. The standard InChI is InChI=1S/C46H51ClN8O8S/c1-46(2)13-11-32(38(26-46)30-3-5-33(47)6-4-30)28-52-15-17-53(18-16-52)34-7-9-37(40(24-34)54-19-20-63-45-42(54)23-31-12-14-48-43(31)50-45)44(56)51-64(59,60)36-8-10-39(41(25-36)55(57)58)49-27-35-29-61-21-22-62-35/h3-10,12,14,23-25,35,49H,11,13,15-22,26-29H2,1-2H3,(H,48,50)(H,51,56)/t35-/m0/s1. The Bertz CT molecular complexity index is 2710. The summed E-state index contributed by atoms with van der Waals surface area (Å²) in [5, 5.41) is 16.7. The van der Waals surface area contributed by atoms with Crippen molar-refractivity contribution in [3.63, 3.8) is 0 Å². The van der Waals surface area contributed by atoms with Crippen molar-refractivity contribution in [2.75, 3.05) is 87.4 Å². The van der Waals surface area contributed by atoms with Crippen LogP contribution in [-0.2, 0) is 19.5 Å². The average Bonchev–Trinajstić information content (AvgIpc) is 3.76. The van der Waals surface area contributed by atoms with Crippen molar-refractivity contribution in [1.82, 2.24) is 19.6 Å². The predicted molar refractivity (Wildman–Crippen MR) is 246 cm³/mol. The topological polar surface area (TPSA) is 185 Å². The van der Waals surface area contributed by atoms with E-state index in [9.17, 15) is 23.3 Å².